The standard InChI is InChI=1S/C10H11N3O4S/c11-9(18)5-12-10(14)17-6-7-1-3-8(4-2-7)13(15)16/h1-4H,5-6H2,(H2,11,18)(H,12,14). The number of ether oxygens (including phenoxy) is 1. The number of carbonyl (C=O) groups is 1. The van der Waals surface area contributed by atoms with Crippen LogP contribution in [0.25, 0.3) is 0 Å². The minimum atomic E-state index is -0.652. The van der Waals surface area contributed by atoms with E-state index < -0.39 is 11.0 Å². The Hall–Kier alpha value is -2.22. The van der Waals surface area contributed by atoms with E-state index in [1.54, 1.807) is 0 Å². The molecule has 0 unspecified atom stereocenters. The molecule has 1 rings (SSSR count). The van der Waals surface area contributed by atoms with E-state index in [2.05, 4.69) is 17.5 Å². The SMILES string of the molecule is NC(=S)CNC(=O)OCc1ccc([N+](=O)[O-])cc1. The van der Waals surface area contributed by atoms with Crippen LogP contribution >= 0.6 is 12.2 Å². The van der Waals surface area contributed by atoms with Crippen molar-refractivity contribution in [3.63, 3.8) is 0 Å². The quantitative estimate of drug-likeness (QED) is 0.471. The molecule has 0 bridgehead atoms. The summed E-state index contributed by atoms with van der Waals surface area (Å²) in [5.74, 6) is 0. The number of benzene rings is 1. The lowest BCUT2D eigenvalue weighted by Gasteiger charge is -2.06. The topological polar surface area (TPSA) is 107 Å². The maximum Gasteiger partial charge on any atom is 0.407 e. The smallest absolute Gasteiger partial charge is 0.407 e. The first-order valence-electron chi connectivity index (χ1n) is 4.91. The van der Waals surface area contributed by atoms with Crippen LogP contribution in [-0.2, 0) is 11.3 Å². The number of carbonyl (C=O) groups excluding carboxylic acids is 1. The minimum absolute atomic E-state index is 0.0150. The van der Waals surface area contributed by atoms with Gasteiger partial charge in [0.2, 0.25) is 0 Å². The molecular formula is C10H11N3O4S. The minimum Gasteiger partial charge on any atom is -0.445 e. The summed E-state index contributed by atoms with van der Waals surface area (Å²) >= 11 is 4.57. The van der Waals surface area contributed by atoms with Gasteiger partial charge in [-0.1, -0.05) is 12.2 Å². The molecule has 0 aliphatic heterocycles. The number of nitro groups is 1. The second-order valence-electron chi connectivity index (χ2n) is 3.32. The van der Waals surface area contributed by atoms with Gasteiger partial charge >= 0.3 is 6.09 Å². The third-order valence-electron chi connectivity index (χ3n) is 1.92. The predicted molar refractivity (Wildman–Crippen MR) is 68.1 cm³/mol. The van der Waals surface area contributed by atoms with Gasteiger partial charge in [0.25, 0.3) is 5.69 Å². The molecule has 0 spiro atoms. The van der Waals surface area contributed by atoms with Gasteiger partial charge in [-0.05, 0) is 17.7 Å². The summed E-state index contributed by atoms with van der Waals surface area (Å²) in [4.78, 5) is 21.2. The van der Waals surface area contributed by atoms with Gasteiger partial charge in [0.15, 0.2) is 0 Å². The molecule has 0 heterocycles. The van der Waals surface area contributed by atoms with Gasteiger partial charge < -0.3 is 15.8 Å². The van der Waals surface area contributed by atoms with Crippen molar-refractivity contribution in [3.05, 3.63) is 39.9 Å². The monoisotopic (exact) mass is 269 g/mol. The predicted octanol–water partition coefficient (Wildman–Crippen LogP) is 1.11. The van der Waals surface area contributed by atoms with Gasteiger partial charge in [-0.2, -0.15) is 0 Å². The van der Waals surface area contributed by atoms with Gasteiger partial charge in [-0.3, -0.25) is 10.1 Å². The zero-order chi connectivity index (χ0) is 13.5. The number of nitrogens with two attached hydrogens (primary N) is 1. The summed E-state index contributed by atoms with van der Waals surface area (Å²) in [5.41, 5.74) is 5.82. The van der Waals surface area contributed by atoms with E-state index in [1.165, 1.54) is 24.3 Å². The highest BCUT2D eigenvalue weighted by Gasteiger charge is 2.06. The maximum absolute atomic E-state index is 11.1. The number of amides is 1. The van der Waals surface area contributed by atoms with Crippen LogP contribution in [-0.4, -0.2) is 22.5 Å². The van der Waals surface area contributed by atoms with Crippen molar-refractivity contribution in [3.8, 4) is 0 Å². The third kappa shape index (κ3) is 4.74. The van der Waals surface area contributed by atoms with E-state index in [0.717, 1.165) is 0 Å². The van der Waals surface area contributed by atoms with E-state index in [0.29, 0.717) is 5.56 Å². The molecule has 0 aliphatic rings. The Labute approximate surface area is 108 Å². The lowest BCUT2D eigenvalue weighted by molar-refractivity contribution is -0.384. The van der Waals surface area contributed by atoms with Crippen LogP contribution in [0.5, 0.6) is 0 Å². The molecule has 0 radical (unpaired) electrons. The highest BCUT2D eigenvalue weighted by atomic mass is 32.1. The average molecular weight is 269 g/mol. The van der Waals surface area contributed by atoms with Crippen molar-refractivity contribution in [2.24, 2.45) is 5.73 Å². The summed E-state index contributed by atoms with van der Waals surface area (Å²) < 4.78 is 4.84. The molecule has 96 valence electrons. The van der Waals surface area contributed by atoms with E-state index in [-0.39, 0.29) is 23.8 Å². The lowest BCUT2D eigenvalue weighted by atomic mass is 10.2. The van der Waals surface area contributed by atoms with Crippen molar-refractivity contribution in [2.45, 2.75) is 6.61 Å². The van der Waals surface area contributed by atoms with E-state index in [4.69, 9.17) is 10.5 Å². The summed E-state index contributed by atoms with van der Waals surface area (Å²) in [6, 6.07) is 5.70. The molecule has 0 fully saturated rings. The molecule has 8 heteroatoms. The fourth-order valence-corrected chi connectivity index (χ4v) is 1.15. The molecule has 0 atom stereocenters. The number of hydrogen-bond acceptors (Lipinski definition) is 5. The molecule has 0 aromatic heterocycles. The molecule has 18 heavy (non-hydrogen) atoms. The second kappa shape index (κ2) is 6.50. The third-order valence-corrected chi connectivity index (χ3v) is 2.07. The number of non-ortho nitro benzene ring substituents is 1. The first-order chi connectivity index (χ1) is 8.49. The first kappa shape index (κ1) is 13.8. The summed E-state index contributed by atoms with van der Waals surface area (Å²) in [5, 5.41) is 12.8. The van der Waals surface area contributed by atoms with E-state index >= 15 is 0 Å². The Morgan fingerprint density at radius 3 is 2.56 bits per heavy atom. The van der Waals surface area contributed by atoms with E-state index in [1.807, 2.05) is 0 Å². The van der Waals surface area contributed by atoms with Crippen molar-refractivity contribution < 1.29 is 14.5 Å². The average Bonchev–Trinajstić information content (AvgIpc) is 2.34. The van der Waals surface area contributed by atoms with Gasteiger partial charge in [0.1, 0.15) is 6.61 Å². The molecule has 7 nitrogen and oxygen atoms in total. The molecular weight excluding hydrogens is 258 g/mol. The normalized spacial score (nSPS) is 9.56. The molecule has 0 saturated heterocycles. The van der Waals surface area contributed by atoms with Crippen molar-refractivity contribution in [1.29, 1.82) is 0 Å². The molecule has 1 aromatic rings. The highest BCUT2D eigenvalue weighted by molar-refractivity contribution is 7.80. The highest BCUT2D eigenvalue weighted by Crippen LogP contribution is 2.12. The fourth-order valence-electron chi connectivity index (χ4n) is 1.07. The number of nitrogens with zero attached hydrogens (tertiary/aromatic N) is 1. The fraction of sp³-hybridized carbons (Fsp3) is 0.200. The number of hydrogen-bond donors (Lipinski definition) is 2. The molecule has 1 amide bonds. The van der Waals surface area contributed by atoms with Crippen LogP contribution in [0.1, 0.15) is 5.56 Å². The number of nitro benzene ring substituents is 1. The maximum atomic E-state index is 11.1. The number of thiocarbonyl (C=S) groups is 1. The van der Waals surface area contributed by atoms with E-state index in [9.17, 15) is 14.9 Å². The van der Waals surface area contributed by atoms with Crippen LogP contribution < -0.4 is 11.1 Å². The lowest BCUT2D eigenvalue weighted by Crippen LogP contribution is -2.32. The summed E-state index contributed by atoms with van der Waals surface area (Å²) in [6.07, 6.45) is -0.652. The van der Waals surface area contributed by atoms with Crippen molar-refractivity contribution in [2.75, 3.05) is 6.54 Å². The van der Waals surface area contributed by atoms with Crippen LogP contribution in [0.4, 0.5) is 10.5 Å². The van der Waals surface area contributed by atoms with Crippen LogP contribution in [0.2, 0.25) is 0 Å². The zero-order valence-electron chi connectivity index (χ0n) is 9.29. The van der Waals surface area contributed by atoms with Crippen molar-refractivity contribution in [1.82, 2.24) is 5.32 Å². The Morgan fingerprint density at radius 1 is 1.44 bits per heavy atom. The molecule has 0 saturated carbocycles. The Bertz CT molecular complexity index is 461. The van der Waals surface area contributed by atoms with Gasteiger partial charge in [-0.15, -0.1) is 0 Å². The number of alkyl carbamates (subject to hydrolysis) is 1. The Kier molecular flexibility index (Phi) is 5.00. The van der Waals surface area contributed by atoms with Gasteiger partial charge in [-0.25, -0.2) is 4.79 Å². The van der Waals surface area contributed by atoms with Crippen LogP contribution in [0.3, 0.4) is 0 Å². The van der Waals surface area contributed by atoms with Gasteiger partial charge in [0.05, 0.1) is 16.5 Å². The Balaban J connectivity index is 2.41. The molecule has 0 aliphatic carbocycles. The first-order valence-corrected chi connectivity index (χ1v) is 5.32. The van der Waals surface area contributed by atoms with Gasteiger partial charge in [0, 0.05) is 12.1 Å². The number of nitrogens with one attached hydrogen (secondary N) is 1. The molecule has 3 N–H and O–H groups in total. The second-order valence-corrected chi connectivity index (χ2v) is 3.84. The Morgan fingerprint density at radius 2 is 2.06 bits per heavy atom. The number of rotatable bonds is 5. The van der Waals surface area contributed by atoms with Crippen LogP contribution in [0.15, 0.2) is 24.3 Å². The summed E-state index contributed by atoms with van der Waals surface area (Å²) in [6.45, 7) is 0.0790. The van der Waals surface area contributed by atoms with Crippen LogP contribution in [0, 0.1) is 10.1 Å². The summed E-state index contributed by atoms with van der Waals surface area (Å²) in [7, 11) is 0. The zero-order valence-corrected chi connectivity index (χ0v) is 10.1. The largest absolute Gasteiger partial charge is 0.445 e. The molecule has 1 aromatic carbocycles. The van der Waals surface area contributed by atoms with Crippen molar-refractivity contribution >= 4 is 29.0 Å².